The maximum Gasteiger partial charge on any atom is 0.272 e. The minimum atomic E-state index is -0.262. The topological polar surface area (TPSA) is 37.4 Å². The van der Waals surface area contributed by atoms with Crippen molar-refractivity contribution >= 4 is 50.8 Å². The third kappa shape index (κ3) is 3.06. The molecule has 0 saturated heterocycles. The van der Waals surface area contributed by atoms with E-state index in [0.29, 0.717) is 16.2 Å². The molecule has 0 atom stereocenters. The van der Waals surface area contributed by atoms with E-state index >= 15 is 0 Å². The number of benzene rings is 2. The molecule has 0 bridgehead atoms. The van der Waals surface area contributed by atoms with Gasteiger partial charge < -0.3 is 0 Å². The zero-order valence-electron chi connectivity index (χ0n) is 13.4. The van der Waals surface area contributed by atoms with Gasteiger partial charge >= 0.3 is 0 Å². The number of carbonyl (C=O) groups excluding carboxylic acids is 2. The van der Waals surface area contributed by atoms with E-state index in [1.165, 1.54) is 16.7 Å². The van der Waals surface area contributed by atoms with Gasteiger partial charge in [-0.15, -0.1) is 11.8 Å². The lowest BCUT2D eigenvalue weighted by Crippen LogP contribution is -2.31. The molecule has 0 N–H and O–H groups in total. The van der Waals surface area contributed by atoms with Gasteiger partial charge in [-0.3, -0.25) is 9.59 Å². The van der Waals surface area contributed by atoms with Crippen molar-refractivity contribution in [2.45, 2.75) is 13.8 Å². The van der Waals surface area contributed by atoms with Gasteiger partial charge in [0.1, 0.15) is 0 Å². The monoisotopic (exact) mass is 401 g/mol. The molecule has 3 rings (SSSR count). The number of hydrogen-bond acceptors (Lipinski definition) is 3. The SMILES string of the molecule is CCSC1=C(c2ccc(C)cc2)C(=O)N(c2ccc(Br)cc2)C1=O. The molecule has 2 aromatic rings. The molecular formula is C19H16BrNO2S. The number of amides is 2. The summed E-state index contributed by atoms with van der Waals surface area (Å²) in [5, 5.41) is 0. The van der Waals surface area contributed by atoms with Gasteiger partial charge in [-0.25, -0.2) is 4.90 Å². The molecule has 0 aliphatic carbocycles. The van der Waals surface area contributed by atoms with E-state index in [1.807, 2.05) is 50.2 Å². The van der Waals surface area contributed by atoms with Gasteiger partial charge in [0.25, 0.3) is 11.8 Å². The number of halogens is 1. The fourth-order valence-corrected chi connectivity index (χ4v) is 3.70. The molecule has 0 aromatic heterocycles. The third-order valence-electron chi connectivity index (χ3n) is 3.76. The van der Waals surface area contributed by atoms with Crippen molar-refractivity contribution in [2.24, 2.45) is 0 Å². The van der Waals surface area contributed by atoms with Crippen LogP contribution in [-0.4, -0.2) is 17.6 Å². The highest BCUT2D eigenvalue weighted by molar-refractivity contribution is 9.10. The fraction of sp³-hybridized carbons (Fsp3) is 0.158. The first kappa shape index (κ1) is 17.0. The lowest BCUT2D eigenvalue weighted by molar-refractivity contribution is -0.119. The van der Waals surface area contributed by atoms with Crippen LogP contribution in [0.15, 0.2) is 57.9 Å². The van der Waals surface area contributed by atoms with Gasteiger partial charge in [-0.2, -0.15) is 0 Å². The standard InChI is InChI=1S/C19H16BrNO2S/c1-3-24-17-16(13-6-4-12(2)5-7-13)18(22)21(19(17)23)15-10-8-14(20)9-11-15/h4-11H,3H2,1-2H3. The first-order chi connectivity index (χ1) is 11.5. The molecule has 1 heterocycles. The van der Waals surface area contributed by atoms with E-state index < -0.39 is 0 Å². The molecule has 5 heteroatoms. The number of aryl methyl sites for hydroxylation is 1. The molecule has 1 aliphatic heterocycles. The first-order valence-electron chi connectivity index (χ1n) is 7.61. The van der Waals surface area contributed by atoms with Gasteiger partial charge in [0, 0.05) is 4.47 Å². The van der Waals surface area contributed by atoms with Crippen LogP contribution in [0.3, 0.4) is 0 Å². The summed E-state index contributed by atoms with van der Waals surface area (Å²) < 4.78 is 0.903. The summed E-state index contributed by atoms with van der Waals surface area (Å²) in [5.41, 5.74) is 2.99. The molecule has 1 aliphatic rings. The molecule has 0 unspecified atom stereocenters. The lowest BCUT2D eigenvalue weighted by Gasteiger charge is -2.15. The Labute approximate surface area is 153 Å². The van der Waals surface area contributed by atoms with Crippen molar-refractivity contribution in [3.63, 3.8) is 0 Å². The Bertz CT molecular complexity index is 825. The van der Waals surface area contributed by atoms with Crippen LogP contribution in [0.25, 0.3) is 5.57 Å². The van der Waals surface area contributed by atoms with Gasteiger partial charge in [0.05, 0.1) is 16.2 Å². The molecule has 0 saturated carbocycles. The molecular weight excluding hydrogens is 386 g/mol. The second-order valence-electron chi connectivity index (χ2n) is 5.43. The van der Waals surface area contributed by atoms with E-state index in [0.717, 1.165) is 21.4 Å². The summed E-state index contributed by atoms with van der Waals surface area (Å²) in [5.74, 6) is 0.226. The van der Waals surface area contributed by atoms with Crippen molar-refractivity contribution in [3.05, 3.63) is 69.0 Å². The summed E-state index contributed by atoms with van der Waals surface area (Å²) in [6.07, 6.45) is 0. The van der Waals surface area contributed by atoms with Crippen LogP contribution in [0, 0.1) is 6.92 Å². The predicted molar refractivity (Wildman–Crippen MR) is 103 cm³/mol. The van der Waals surface area contributed by atoms with Crippen molar-refractivity contribution in [1.82, 2.24) is 0 Å². The van der Waals surface area contributed by atoms with Crippen molar-refractivity contribution in [1.29, 1.82) is 0 Å². The van der Waals surface area contributed by atoms with E-state index in [-0.39, 0.29) is 11.8 Å². The van der Waals surface area contributed by atoms with Crippen LogP contribution in [0.1, 0.15) is 18.1 Å². The number of anilines is 1. The van der Waals surface area contributed by atoms with Crippen LogP contribution in [0.5, 0.6) is 0 Å². The van der Waals surface area contributed by atoms with Crippen LogP contribution >= 0.6 is 27.7 Å². The number of nitrogens with zero attached hydrogens (tertiary/aromatic N) is 1. The smallest absolute Gasteiger partial charge is 0.268 e. The van der Waals surface area contributed by atoms with Crippen molar-refractivity contribution in [2.75, 3.05) is 10.7 Å². The maximum atomic E-state index is 13.0. The number of rotatable bonds is 4. The van der Waals surface area contributed by atoms with Crippen molar-refractivity contribution < 1.29 is 9.59 Å². The average Bonchev–Trinajstić information content (AvgIpc) is 2.81. The van der Waals surface area contributed by atoms with E-state index in [9.17, 15) is 9.59 Å². The Balaban J connectivity index is 2.07. The van der Waals surface area contributed by atoms with Gasteiger partial charge in [0.2, 0.25) is 0 Å². The maximum absolute atomic E-state index is 13.0. The predicted octanol–water partition coefficient (Wildman–Crippen LogP) is 4.80. The molecule has 0 radical (unpaired) electrons. The molecule has 122 valence electrons. The zero-order chi connectivity index (χ0) is 17.3. The second kappa shape index (κ2) is 6.95. The highest BCUT2D eigenvalue weighted by atomic mass is 79.9. The lowest BCUT2D eigenvalue weighted by atomic mass is 10.0. The Morgan fingerprint density at radius 3 is 2.17 bits per heavy atom. The van der Waals surface area contributed by atoms with Gasteiger partial charge in [-0.1, -0.05) is 52.7 Å². The highest BCUT2D eigenvalue weighted by Crippen LogP contribution is 2.38. The van der Waals surface area contributed by atoms with Crippen LogP contribution < -0.4 is 4.90 Å². The van der Waals surface area contributed by atoms with E-state index in [1.54, 1.807) is 12.1 Å². The Morgan fingerprint density at radius 2 is 1.58 bits per heavy atom. The van der Waals surface area contributed by atoms with Crippen LogP contribution in [0.2, 0.25) is 0 Å². The minimum absolute atomic E-state index is 0.246. The highest BCUT2D eigenvalue weighted by Gasteiger charge is 2.39. The number of carbonyl (C=O) groups is 2. The molecule has 0 fully saturated rings. The second-order valence-corrected chi connectivity index (χ2v) is 7.62. The summed E-state index contributed by atoms with van der Waals surface area (Å²) in [6.45, 7) is 3.97. The number of thioether (sulfide) groups is 1. The Kier molecular flexibility index (Phi) is 4.92. The fourth-order valence-electron chi connectivity index (χ4n) is 2.59. The Morgan fingerprint density at radius 1 is 0.958 bits per heavy atom. The summed E-state index contributed by atoms with van der Waals surface area (Å²) in [4.78, 5) is 27.6. The summed E-state index contributed by atoms with van der Waals surface area (Å²) in [6, 6.07) is 14.9. The first-order valence-corrected chi connectivity index (χ1v) is 9.39. The van der Waals surface area contributed by atoms with Gasteiger partial charge in [-0.05, 0) is 42.5 Å². The van der Waals surface area contributed by atoms with E-state index in [2.05, 4.69) is 15.9 Å². The Hall–Kier alpha value is -1.85. The van der Waals surface area contributed by atoms with Gasteiger partial charge in [0.15, 0.2) is 0 Å². The van der Waals surface area contributed by atoms with Crippen LogP contribution in [-0.2, 0) is 9.59 Å². The molecule has 0 spiro atoms. The third-order valence-corrected chi connectivity index (χ3v) is 5.24. The molecule has 24 heavy (non-hydrogen) atoms. The van der Waals surface area contributed by atoms with Crippen LogP contribution in [0.4, 0.5) is 5.69 Å². The number of imide groups is 1. The largest absolute Gasteiger partial charge is 0.272 e. The molecule has 2 aromatic carbocycles. The van der Waals surface area contributed by atoms with Crippen molar-refractivity contribution in [3.8, 4) is 0 Å². The normalized spacial score (nSPS) is 14.7. The number of hydrogen-bond donors (Lipinski definition) is 0. The van der Waals surface area contributed by atoms with E-state index in [4.69, 9.17) is 0 Å². The summed E-state index contributed by atoms with van der Waals surface area (Å²) >= 11 is 4.79. The summed E-state index contributed by atoms with van der Waals surface area (Å²) in [7, 11) is 0. The zero-order valence-corrected chi connectivity index (χ0v) is 15.8. The molecule has 3 nitrogen and oxygen atoms in total. The minimum Gasteiger partial charge on any atom is -0.268 e. The molecule has 2 amide bonds. The average molecular weight is 402 g/mol. The quantitative estimate of drug-likeness (QED) is 0.690.